The monoisotopic (exact) mass is 402 g/mol. The molecule has 0 aliphatic rings. The van der Waals surface area contributed by atoms with E-state index in [9.17, 15) is 28.7 Å². The van der Waals surface area contributed by atoms with Crippen molar-refractivity contribution in [2.45, 2.75) is 0 Å². The van der Waals surface area contributed by atoms with Gasteiger partial charge in [0.15, 0.2) is 0 Å². The predicted molar refractivity (Wildman–Crippen MR) is 67.4 cm³/mol. The first-order valence-electron chi connectivity index (χ1n) is 5.36. The first-order valence-corrected chi connectivity index (χ1v) is 8.45. The van der Waals surface area contributed by atoms with Crippen molar-refractivity contribution in [1.82, 2.24) is 0 Å². The molecule has 0 saturated carbocycles. The van der Waals surface area contributed by atoms with Crippen LogP contribution >= 0.6 is 15.2 Å². The molecule has 0 atom stereocenters. The third-order valence-corrected chi connectivity index (χ3v) is 4.01. The van der Waals surface area contributed by atoms with E-state index in [1.807, 2.05) is 0 Å². The van der Waals surface area contributed by atoms with Gasteiger partial charge >= 0.3 is 26.2 Å². The predicted octanol–water partition coefficient (Wildman–Crippen LogP) is -1.55. The minimum Gasteiger partial charge on any atom is -0.807 e. The molecular weight excluding hydrogens is 393 g/mol. The molecule has 0 N–H and O–H groups in total. The fourth-order valence-electron chi connectivity index (χ4n) is 1.22. The van der Waals surface area contributed by atoms with Gasteiger partial charge in [-0.25, -0.2) is 0 Å². The summed E-state index contributed by atoms with van der Waals surface area (Å²) in [6, 6.07) is 14.5. The average Bonchev–Trinajstić information content (AvgIpc) is 2.40. The molecule has 2 rings (SSSR count). The zero-order valence-electron chi connectivity index (χ0n) is 10.6. The van der Waals surface area contributed by atoms with Crippen LogP contribution in [0.2, 0.25) is 0 Å². The molecule has 6 nitrogen and oxygen atoms in total. The van der Waals surface area contributed by atoms with Crippen LogP contribution in [0.1, 0.15) is 0 Å². The van der Waals surface area contributed by atoms with E-state index in [-0.39, 0.29) is 36.8 Å². The molecule has 0 bridgehead atoms. The summed E-state index contributed by atoms with van der Waals surface area (Å²) in [5.74, 6) is 0. The third kappa shape index (κ3) is 7.99. The van der Waals surface area contributed by atoms with E-state index in [0.717, 1.165) is 0 Å². The van der Waals surface area contributed by atoms with Crippen LogP contribution in [0.15, 0.2) is 60.7 Å². The molecular formula is C12H10O6P2Zr. The first kappa shape index (κ1) is 20.6. The Morgan fingerprint density at radius 3 is 0.952 bits per heavy atom. The van der Waals surface area contributed by atoms with Crippen molar-refractivity contribution in [3.05, 3.63) is 60.7 Å². The van der Waals surface area contributed by atoms with Crippen molar-refractivity contribution in [3.8, 4) is 0 Å². The Kier molecular flexibility index (Phi) is 8.76. The summed E-state index contributed by atoms with van der Waals surface area (Å²) in [4.78, 5) is 41.2. The molecule has 2 aromatic carbocycles. The summed E-state index contributed by atoms with van der Waals surface area (Å²) in [6.07, 6.45) is 0. The van der Waals surface area contributed by atoms with Gasteiger partial charge in [0.2, 0.25) is 0 Å². The van der Waals surface area contributed by atoms with Crippen LogP contribution in [0.5, 0.6) is 0 Å². The molecule has 0 spiro atoms. The van der Waals surface area contributed by atoms with E-state index >= 15 is 0 Å². The van der Waals surface area contributed by atoms with Crippen LogP contribution in [0.3, 0.4) is 0 Å². The molecule has 0 saturated heterocycles. The van der Waals surface area contributed by atoms with Crippen LogP contribution in [0.25, 0.3) is 0 Å². The number of hydrogen-bond donors (Lipinski definition) is 0. The molecule has 0 amide bonds. The van der Waals surface area contributed by atoms with Crippen molar-refractivity contribution in [2.75, 3.05) is 0 Å². The van der Waals surface area contributed by atoms with Crippen molar-refractivity contribution < 1.29 is 54.9 Å². The summed E-state index contributed by atoms with van der Waals surface area (Å²) < 4.78 is 20.6. The summed E-state index contributed by atoms with van der Waals surface area (Å²) in [6.45, 7) is 0. The van der Waals surface area contributed by atoms with Gasteiger partial charge in [-0.15, -0.1) is 0 Å². The summed E-state index contributed by atoms with van der Waals surface area (Å²) in [5, 5.41) is -0.315. The minimum absolute atomic E-state index is 0. The smallest absolute Gasteiger partial charge is 0.807 e. The van der Waals surface area contributed by atoms with Gasteiger partial charge in [-0.05, 0) is 25.8 Å². The van der Waals surface area contributed by atoms with Crippen LogP contribution in [0.4, 0.5) is 0 Å². The Morgan fingerprint density at radius 1 is 0.571 bits per heavy atom. The molecule has 9 heteroatoms. The molecule has 0 aliphatic heterocycles. The fraction of sp³-hybridized carbons (Fsp3) is 0. The SMILES string of the molecule is O=P([O-])([O-])c1ccccc1.O=P([O-])([O-])c1ccccc1.[Zr+4]. The number of rotatable bonds is 2. The standard InChI is InChI=1S/2C6H7O3P.Zr/c2*7-10(8,9)6-4-2-1-3-5-6;/h2*1-5H,(H2,7,8,9);/q;;+4/p-4. The van der Waals surface area contributed by atoms with E-state index in [4.69, 9.17) is 0 Å². The second kappa shape index (κ2) is 8.92. The molecule has 108 valence electrons. The van der Waals surface area contributed by atoms with Gasteiger partial charge in [-0.3, -0.25) is 0 Å². The van der Waals surface area contributed by atoms with Gasteiger partial charge in [0.1, 0.15) is 0 Å². The summed E-state index contributed by atoms with van der Waals surface area (Å²) >= 11 is 0. The maximum atomic E-state index is 10.3. The molecule has 2 aromatic rings. The quantitative estimate of drug-likeness (QED) is 0.559. The second-order valence-corrected chi connectivity index (χ2v) is 6.69. The second-order valence-electron chi connectivity index (χ2n) is 3.67. The minimum atomic E-state index is -4.52. The van der Waals surface area contributed by atoms with Crippen LogP contribution in [-0.4, -0.2) is 0 Å². The number of benzene rings is 2. The van der Waals surface area contributed by atoms with Crippen LogP contribution in [0, 0.1) is 0 Å². The Bertz CT molecular complexity index is 565. The van der Waals surface area contributed by atoms with Gasteiger partial charge in [-0.2, -0.15) is 0 Å². The normalized spacial score (nSPS) is 10.9. The molecule has 21 heavy (non-hydrogen) atoms. The zero-order chi connectivity index (χ0) is 15.2. The van der Waals surface area contributed by atoms with Gasteiger partial charge in [0.25, 0.3) is 0 Å². The first-order chi connectivity index (χ1) is 9.21. The molecule has 0 radical (unpaired) electrons. The van der Waals surface area contributed by atoms with Gasteiger partial charge in [-0.1, -0.05) is 60.7 Å². The van der Waals surface area contributed by atoms with E-state index in [2.05, 4.69) is 0 Å². The van der Waals surface area contributed by atoms with E-state index in [1.165, 1.54) is 48.5 Å². The summed E-state index contributed by atoms with van der Waals surface area (Å²) in [5.41, 5.74) is 0. The Hall–Kier alpha value is -0.377. The Balaban J connectivity index is 0.000000364. The van der Waals surface area contributed by atoms with E-state index in [0.29, 0.717) is 0 Å². The topological polar surface area (TPSA) is 126 Å². The maximum absolute atomic E-state index is 10.3. The fourth-order valence-corrected chi connectivity index (χ4v) is 2.30. The van der Waals surface area contributed by atoms with Crippen LogP contribution in [-0.2, 0) is 35.3 Å². The number of hydrogen-bond acceptors (Lipinski definition) is 6. The Labute approximate surface area is 141 Å². The average molecular weight is 403 g/mol. The summed E-state index contributed by atoms with van der Waals surface area (Å²) in [7, 11) is -9.04. The third-order valence-electron chi connectivity index (χ3n) is 2.14. The largest absolute Gasteiger partial charge is 4.00 e. The van der Waals surface area contributed by atoms with E-state index < -0.39 is 15.2 Å². The van der Waals surface area contributed by atoms with Crippen LogP contribution < -0.4 is 30.2 Å². The molecule has 0 heterocycles. The molecule has 0 aromatic heterocycles. The molecule has 0 unspecified atom stereocenters. The van der Waals surface area contributed by atoms with Gasteiger partial charge in [0.05, 0.1) is 0 Å². The van der Waals surface area contributed by atoms with Crippen molar-refractivity contribution >= 4 is 25.8 Å². The van der Waals surface area contributed by atoms with E-state index in [1.54, 1.807) is 12.1 Å². The molecule has 0 fully saturated rings. The molecule has 0 aliphatic carbocycles. The van der Waals surface area contributed by atoms with Crippen molar-refractivity contribution in [2.24, 2.45) is 0 Å². The maximum Gasteiger partial charge on any atom is 4.00 e. The Morgan fingerprint density at radius 2 is 0.810 bits per heavy atom. The van der Waals surface area contributed by atoms with Gasteiger partial charge < -0.3 is 28.7 Å². The van der Waals surface area contributed by atoms with Gasteiger partial charge in [0, 0.05) is 0 Å². The zero-order valence-corrected chi connectivity index (χ0v) is 14.9. The van der Waals surface area contributed by atoms with Crippen molar-refractivity contribution in [3.63, 3.8) is 0 Å². The van der Waals surface area contributed by atoms with Crippen molar-refractivity contribution in [1.29, 1.82) is 0 Å².